The lowest BCUT2D eigenvalue weighted by Crippen LogP contribution is -2.58. The lowest BCUT2D eigenvalue weighted by Gasteiger charge is -2.42. The molecule has 3 N–H and O–H groups in total. The first-order valence-corrected chi connectivity index (χ1v) is 13.0. The number of likely N-dealkylation sites (N-methyl/N-ethyl adjacent to an activating group) is 1. The summed E-state index contributed by atoms with van der Waals surface area (Å²) < 4.78 is 26.2. The molecule has 1 aliphatic rings. The number of anilines is 1. The van der Waals surface area contributed by atoms with Crippen molar-refractivity contribution in [2.24, 2.45) is 0 Å². The maximum Gasteiger partial charge on any atom is 0.275 e. The third-order valence-corrected chi connectivity index (χ3v) is 7.42. The van der Waals surface area contributed by atoms with Crippen molar-refractivity contribution in [3.63, 3.8) is 0 Å². The van der Waals surface area contributed by atoms with Crippen LogP contribution in [0.5, 0.6) is 5.75 Å². The van der Waals surface area contributed by atoms with Crippen molar-refractivity contribution in [3.05, 3.63) is 34.2 Å². The number of hydrogen-bond donors (Lipinski definition) is 3. The summed E-state index contributed by atoms with van der Waals surface area (Å²) in [6.45, 7) is 7.15. The van der Waals surface area contributed by atoms with Crippen LogP contribution in [0, 0.1) is 5.41 Å². The molecule has 0 aliphatic carbocycles. The van der Waals surface area contributed by atoms with Gasteiger partial charge in [-0.3, -0.25) is 9.69 Å². The lowest BCUT2D eigenvalue weighted by molar-refractivity contribution is 0.0833. The maximum absolute atomic E-state index is 13.3. The fourth-order valence-corrected chi connectivity index (χ4v) is 5.22. The van der Waals surface area contributed by atoms with Crippen LogP contribution in [-0.2, 0) is 15.7 Å². The zero-order valence-electron chi connectivity index (χ0n) is 21.1. The number of hydrogen-bond acceptors (Lipinski definition) is 8. The minimum atomic E-state index is -1.36. The van der Waals surface area contributed by atoms with Crippen LogP contribution in [-0.4, -0.2) is 89.2 Å². The summed E-state index contributed by atoms with van der Waals surface area (Å²) in [5.41, 5.74) is 1.02. The Kier molecular flexibility index (Phi) is 9.55. The summed E-state index contributed by atoms with van der Waals surface area (Å²) >= 11 is 0. The van der Waals surface area contributed by atoms with Crippen LogP contribution in [0.3, 0.4) is 0 Å². The van der Waals surface area contributed by atoms with Crippen molar-refractivity contribution < 1.29 is 13.7 Å². The normalized spacial score (nSPS) is 15.1. The zero-order valence-corrected chi connectivity index (χ0v) is 22.0. The molecule has 192 valence electrons. The van der Waals surface area contributed by atoms with Gasteiger partial charge in [0.2, 0.25) is 0 Å². The third kappa shape index (κ3) is 6.16. The number of rotatable bonds is 13. The Labute approximate surface area is 209 Å². The van der Waals surface area contributed by atoms with E-state index in [9.17, 15) is 9.00 Å². The highest BCUT2D eigenvalue weighted by Crippen LogP contribution is 2.32. The number of methoxy groups -OCH3 is 1. The molecule has 1 saturated heterocycles. The first kappa shape index (κ1) is 27.0. The topological polar surface area (TPSA) is 124 Å². The fraction of sp³-hybridized carbons (Fsp3) is 0.542. The molecule has 11 heteroatoms. The number of ether oxygens (including phenoxy) is 2. The zero-order chi connectivity index (χ0) is 25.5. The quantitative estimate of drug-likeness (QED) is 0.358. The van der Waals surface area contributed by atoms with E-state index >= 15 is 0 Å². The van der Waals surface area contributed by atoms with E-state index in [-0.39, 0.29) is 22.8 Å². The van der Waals surface area contributed by atoms with Gasteiger partial charge in [0.1, 0.15) is 33.9 Å². The highest BCUT2D eigenvalue weighted by molar-refractivity contribution is 7.82. The van der Waals surface area contributed by atoms with Crippen molar-refractivity contribution >= 4 is 22.4 Å². The molecule has 35 heavy (non-hydrogen) atoms. The SMILES string of the molecule is CCCC(=N)c1nc(-c2cc(S(=O)N3CC(N(C)CCOC)C3)ccc2OCC)[nH]c(=O)c1NC. The molecular weight excluding hydrogens is 468 g/mol. The Balaban J connectivity index is 1.93. The van der Waals surface area contributed by atoms with E-state index in [1.165, 1.54) is 0 Å². The average molecular weight is 505 g/mol. The van der Waals surface area contributed by atoms with Crippen molar-refractivity contribution in [1.29, 1.82) is 5.41 Å². The summed E-state index contributed by atoms with van der Waals surface area (Å²) in [5, 5.41) is 11.3. The first-order chi connectivity index (χ1) is 16.8. The molecule has 0 amide bonds. The molecule has 1 aromatic carbocycles. The molecule has 10 nitrogen and oxygen atoms in total. The van der Waals surface area contributed by atoms with Crippen LogP contribution in [0.2, 0.25) is 0 Å². The number of nitrogens with one attached hydrogen (secondary N) is 3. The third-order valence-electron chi connectivity index (χ3n) is 6.00. The summed E-state index contributed by atoms with van der Waals surface area (Å²) in [4.78, 5) is 23.1. The maximum atomic E-state index is 13.3. The smallest absolute Gasteiger partial charge is 0.275 e. The summed E-state index contributed by atoms with van der Waals surface area (Å²) in [7, 11) is 4.00. The number of H-pyrrole nitrogens is 1. The van der Waals surface area contributed by atoms with E-state index in [4.69, 9.17) is 14.9 Å². The number of aromatic amines is 1. The molecule has 0 spiro atoms. The van der Waals surface area contributed by atoms with E-state index in [1.54, 1.807) is 32.4 Å². The van der Waals surface area contributed by atoms with E-state index in [1.807, 2.05) is 25.2 Å². The van der Waals surface area contributed by atoms with Gasteiger partial charge < -0.3 is 25.2 Å². The molecule has 2 heterocycles. The standard InChI is InChI=1S/C24H36N6O4S/c1-6-8-19(25)21-22(26-3)24(31)28-23(27-21)18-13-17(9-10-20(18)34-7-2)35(32)30-14-16(15-30)29(4)11-12-33-5/h9-10,13,16,25-26H,6-8,11-12,14-15H2,1-5H3,(H,27,28,31). The molecule has 0 saturated carbocycles. The minimum absolute atomic E-state index is 0.258. The molecular formula is C24H36N6O4S. The highest BCUT2D eigenvalue weighted by Gasteiger charge is 2.34. The molecule has 1 fully saturated rings. The Hall–Kier alpha value is -2.60. The van der Waals surface area contributed by atoms with Gasteiger partial charge in [-0.25, -0.2) is 13.5 Å². The van der Waals surface area contributed by atoms with Crippen LogP contribution >= 0.6 is 0 Å². The molecule has 0 bridgehead atoms. The average Bonchev–Trinajstić information content (AvgIpc) is 2.81. The first-order valence-electron chi connectivity index (χ1n) is 11.9. The number of benzene rings is 1. The summed E-state index contributed by atoms with van der Waals surface area (Å²) in [5.74, 6) is 0.815. The fourth-order valence-electron chi connectivity index (χ4n) is 3.90. The van der Waals surface area contributed by atoms with Crippen molar-refractivity contribution in [2.75, 3.05) is 59.4 Å². The second-order valence-electron chi connectivity index (χ2n) is 8.43. The predicted molar refractivity (Wildman–Crippen MR) is 139 cm³/mol. The molecule has 1 unspecified atom stereocenters. The Morgan fingerprint density at radius 3 is 2.74 bits per heavy atom. The second kappa shape index (κ2) is 12.4. The molecule has 1 atom stereocenters. The van der Waals surface area contributed by atoms with Gasteiger partial charge in [0.15, 0.2) is 0 Å². The second-order valence-corrected chi connectivity index (χ2v) is 9.92. The van der Waals surface area contributed by atoms with Gasteiger partial charge in [0.05, 0.1) is 29.4 Å². The van der Waals surface area contributed by atoms with Gasteiger partial charge in [-0.05, 0) is 38.6 Å². The van der Waals surface area contributed by atoms with Crippen LogP contribution in [0.25, 0.3) is 11.4 Å². The van der Waals surface area contributed by atoms with Gasteiger partial charge in [0, 0.05) is 39.8 Å². The van der Waals surface area contributed by atoms with Gasteiger partial charge in [0.25, 0.3) is 5.56 Å². The minimum Gasteiger partial charge on any atom is -0.493 e. The van der Waals surface area contributed by atoms with Crippen LogP contribution in [0.1, 0.15) is 32.4 Å². The molecule has 1 aliphatic heterocycles. The van der Waals surface area contributed by atoms with Gasteiger partial charge >= 0.3 is 0 Å². The highest BCUT2D eigenvalue weighted by atomic mass is 32.2. The molecule has 3 rings (SSSR count). The predicted octanol–water partition coefficient (Wildman–Crippen LogP) is 2.33. The Morgan fingerprint density at radius 1 is 1.37 bits per heavy atom. The lowest BCUT2D eigenvalue weighted by atomic mass is 10.1. The Bertz CT molecular complexity index is 1120. The van der Waals surface area contributed by atoms with Crippen LogP contribution in [0.4, 0.5) is 5.69 Å². The number of nitrogens with zero attached hydrogens (tertiary/aromatic N) is 3. The van der Waals surface area contributed by atoms with Gasteiger partial charge in [-0.15, -0.1) is 0 Å². The van der Waals surface area contributed by atoms with Crippen molar-refractivity contribution in [3.8, 4) is 17.1 Å². The molecule has 1 aromatic heterocycles. The summed E-state index contributed by atoms with van der Waals surface area (Å²) in [6, 6.07) is 5.63. The summed E-state index contributed by atoms with van der Waals surface area (Å²) in [6.07, 6.45) is 1.27. The van der Waals surface area contributed by atoms with Gasteiger partial charge in [-0.1, -0.05) is 13.3 Å². The van der Waals surface area contributed by atoms with Crippen LogP contribution in [0.15, 0.2) is 27.9 Å². The van der Waals surface area contributed by atoms with Gasteiger partial charge in [-0.2, -0.15) is 0 Å². The van der Waals surface area contributed by atoms with E-state index in [2.05, 4.69) is 20.2 Å². The molecule has 2 aromatic rings. The largest absolute Gasteiger partial charge is 0.493 e. The van der Waals surface area contributed by atoms with E-state index in [0.717, 1.165) is 13.0 Å². The van der Waals surface area contributed by atoms with Crippen LogP contribution < -0.4 is 15.6 Å². The van der Waals surface area contributed by atoms with Crippen molar-refractivity contribution in [1.82, 2.24) is 19.2 Å². The number of aromatic nitrogens is 2. The van der Waals surface area contributed by atoms with E-state index < -0.39 is 11.0 Å². The Morgan fingerprint density at radius 2 is 2.11 bits per heavy atom. The van der Waals surface area contributed by atoms with E-state index in [0.29, 0.717) is 60.7 Å². The molecule has 0 radical (unpaired) electrons. The van der Waals surface area contributed by atoms with Crippen molar-refractivity contribution in [2.45, 2.75) is 37.6 Å². The monoisotopic (exact) mass is 504 g/mol.